The van der Waals surface area contributed by atoms with Gasteiger partial charge in [-0.25, -0.2) is 8.42 Å². The fourth-order valence-corrected chi connectivity index (χ4v) is 6.47. The molecule has 1 aromatic heterocycles. The van der Waals surface area contributed by atoms with Crippen LogP contribution in [0.2, 0.25) is 0 Å². The summed E-state index contributed by atoms with van der Waals surface area (Å²) in [5.74, 6) is 0.457. The first-order chi connectivity index (χ1) is 15.6. The third kappa shape index (κ3) is 4.28. The van der Waals surface area contributed by atoms with E-state index in [-0.39, 0.29) is 17.0 Å². The first kappa shape index (κ1) is 21.1. The minimum absolute atomic E-state index is 0.198. The van der Waals surface area contributed by atoms with E-state index in [1.807, 2.05) is 48.7 Å². The van der Waals surface area contributed by atoms with E-state index in [0.29, 0.717) is 18.7 Å². The topological polar surface area (TPSA) is 62.7 Å². The zero-order chi connectivity index (χ0) is 22.0. The van der Waals surface area contributed by atoms with Crippen LogP contribution in [0.4, 0.5) is 0 Å². The Bertz CT molecular complexity index is 1160. The van der Waals surface area contributed by atoms with Gasteiger partial charge in [-0.05, 0) is 42.2 Å². The molecule has 5 rings (SSSR count). The van der Waals surface area contributed by atoms with Crippen LogP contribution in [0, 0.1) is 0 Å². The van der Waals surface area contributed by atoms with Gasteiger partial charge in [-0.1, -0.05) is 48.5 Å². The average molecular weight is 450 g/mol. The summed E-state index contributed by atoms with van der Waals surface area (Å²) in [4.78, 5) is 6.85. The Kier molecular flexibility index (Phi) is 5.95. The van der Waals surface area contributed by atoms with Crippen LogP contribution in [0.15, 0.2) is 84.0 Å². The highest BCUT2D eigenvalue weighted by atomic mass is 32.2. The first-order valence-electron chi connectivity index (χ1n) is 11.0. The van der Waals surface area contributed by atoms with Gasteiger partial charge in [0.25, 0.3) is 0 Å². The van der Waals surface area contributed by atoms with Gasteiger partial charge in [-0.2, -0.15) is 4.31 Å². The van der Waals surface area contributed by atoms with Crippen molar-refractivity contribution in [2.75, 3.05) is 13.1 Å². The van der Waals surface area contributed by atoms with Crippen LogP contribution in [0.1, 0.15) is 24.0 Å². The lowest BCUT2D eigenvalue weighted by Gasteiger charge is -2.32. The number of aromatic nitrogens is 1. The molecule has 7 heteroatoms. The lowest BCUT2D eigenvalue weighted by molar-refractivity contribution is 0.110. The molecule has 32 heavy (non-hydrogen) atoms. The second-order valence-electron chi connectivity index (χ2n) is 8.42. The molecule has 0 unspecified atom stereocenters. The van der Waals surface area contributed by atoms with E-state index >= 15 is 0 Å². The van der Waals surface area contributed by atoms with Gasteiger partial charge in [-0.15, -0.1) is 0 Å². The first-order valence-corrected chi connectivity index (χ1v) is 12.5. The van der Waals surface area contributed by atoms with Gasteiger partial charge in [0, 0.05) is 38.6 Å². The molecule has 0 bridgehead atoms. The molecule has 3 heterocycles. The number of ether oxygens (including phenoxy) is 1. The Morgan fingerprint density at radius 3 is 2.44 bits per heavy atom. The molecule has 0 spiro atoms. The van der Waals surface area contributed by atoms with Crippen LogP contribution in [-0.2, 0) is 23.1 Å². The van der Waals surface area contributed by atoms with Crippen molar-refractivity contribution in [3.8, 4) is 5.75 Å². The van der Waals surface area contributed by atoms with Crippen LogP contribution in [0.3, 0.4) is 0 Å². The molecule has 6 nitrogen and oxygen atoms in total. The van der Waals surface area contributed by atoms with Crippen molar-refractivity contribution in [1.82, 2.24) is 14.2 Å². The quantitative estimate of drug-likeness (QED) is 0.608. The molecule has 166 valence electrons. The highest BCUT2D eigenvalue weighted by Crippen LogP contribution is 2.37. The lowest BCUT2D eigenvalue weighted by atomic mass is 10.1. The van der Waals surface area contributed by atoms with Crippen molar-refractivity contribution in [3.05, 3.63) is 90.3 Å². The van der Waals surface area contributed by atoms with E-state index in [1.165, 1.54) is 0 Å². The van der Waals surface area contributed by atoms with Crippen molar-refractivity contribution < 1.29 is 13.2 Å². The number of hydrogen-bond acceptors (Lipinski definition) is 5. The molecule has 0 radical (unpaired) electrons. The maximum atomic E-state index is 13.8. The summed E-state index contributed by atoms with van der Waals surface area (Å²) in [5, 5.41) is 0. The number of benzene rings is 2. The van der Waals surface area contributed by atoms with E-state index in [4.69, 9.17) is 4.74 Å². The van der Waals surface area contributed by atoms with E-state index in [1.54, 1.807) is 28.7 Å². The predicted octanol–water partition coefficient (Wildman–Crippen LogP) is 3.70. The zero-order valence-corrected chi connectivity index (χ0v) is 18.7. The van der Waals surface area contributed by atoms with Crippen molar-refractivity contribution >= 4 is 10.0 Å². The minimum Gasteiger partial charge on any atom is -0.487 e. The van der Waals surface area contributed by atoms with Crippen LogP contribution in [0.25, 0.3) is 0 Å². The smallest absolute Gasteiger partial charge is 0.247 e. The third-order valence-electron chi connectivity index (χ3n) is 6.29. The normalized spacial score (nSPS) is 23.2. The standard InChI is InChI=1S/C25H27N3O3S/c29-32(30)25-11-5-4-10-24(25)31-23-13-16-27(18-21-9-6-14-26-17-21)15-12-22(23)28(32)19-20-7-2-1-3-8-20/h1-11,14,17,22-23H,12-13,15-16,18-19H2/t22-,23-/m1/s1. The van der Waals surface area contributed by atoms with Crippen LogP contribution >= 0.6 is 0 Å². The van der Waals surface area contributed by atoms with Gasteiger partial charge in [0.15, 0.2) is 0 Å². The van der Waals surface area contributed by atoms with Crippen LogP contribution in [-0.4, -0.2) is 47.8 Å². The molecule has 0 amide bonds. The van der Waals surface area contributed by atoms with Gasteiger partial charge in [0.2, 0.25) is 10.0 Å². The van der Waals surface area contributed by atoms with Crippen LogP contribution < -0.4 is 4.74 Å². The third-order valence-corrected chi connectivity index (χ3v) is 8.20. The molecule has 2 aliphatic heterocycles. The minimum atomic E-state index is -3.70. The fourth-order valence-electron chi connectivity index (χ4n) is 4.68. The summed E-state index contributed by atoms with van der Waals surface area (Å²) >= 11 is 0. The summed E-state index contributed by atoms with van der Waals surface area (Å²) in [7, 11) is -3.70. The number of sulfonamides is 1. The zero-order valence-electron chi connectivity index (χ0n) is 17.9. The summed E-state index contributed by atoms with van der Waals surface area (Å²) in [5.41, 5.74) is 2.14. The Morgan fingerprint density at radius 1 is 0.875 bits per heavy atom. The van der Waals surface area contributed by atoms with Gasteiger partial charge < -0.3 is 4.74 Å². The van der Waals surface area contributed by atoms with Gasteiger partial charge in [-0.3, -0.25) is 9.88 Å². The second-order valence-corrected chi connectivity index (χ2v) is 10.3. The predicted molar refractivity (Wildman–Crippen MR) is 123 cm³/mol. The fraction of sp³-hybridized carbons (Fsp3) is 0.320. The molecule has 2 atom stereocenters. The molecule has 1 fully saturated rings. The highest BCUT2D eigenvalue weighted by Gasteiger charge is 2.43. The summed E-state index contributed by atoms with van der Waals surface area (Å²) in [6, 6.07) is 20.6. The van der Waals surface area contributed by atoms with Gasteiger partial charge in [0.05, 0.1) is 6.04 Å². The molecule has 2 aromatic carbocycles. The summed E-state index contributed by atoms with van der Waals surface area (Å²) in [6.45, 7) is 2.79. The number of fused-ring (bicyclic) bond motifs is 2. The maximum Gasteiger partial charge on any atom is 0.247 e. The molecule has 2 aliphatic rings. The Hall–Kier alpha value is -2.74. The second kappa shape index (κ2) is 9.02. The molecule has 1 saturated heterocycles. The molecule has 0 saturated carbocycles. The van der Waals surface area contributed by atoms with Crippen molar-refractivity contribution in [1.29, 1.82) is 0 Å². The van der Waals surface area contributed by atoms with Crippen LogP contribution in [0.5, 0.6) is 5.75 Å². The van der Waals surface area contributed by atoms with E-state index in [2.05, 4.69) is 16.0 Å². The van der Waals surface area contributed by atoms with Gasteiger partial charge >= 0.3 is 0 Å². The highest BCUT2D eigenvalue weighted by molar-refractivity contribution is 7.89. The molecular weight excluding hydrogens is 422 g/mol. The number of hydrogen-bond donors (Lipinski definition) is 0. The summed E-state index contributed by atoms with van der Waals surface area (Å²) in [6.07, 6.45) is 4.95. The number of nitrogens with zero attached hydrogens (tertiary/aromatic N) is 3. The van der Waals surface area contributed by atoms with E-state index in [0.717, 1.165) is 37.2 Å². The molecule has 3 aromatic rings. The maximum absolute atomic E-state index is 13.8. The Morgan fingerprint density at radius 2 is 1.62 bits per heavy atom. The van der Waals surface area contributed by atoms with Crippen molar-refractivity contribution in [3.63, 3.8) is 0 Å². The summed E-state index contributed by atoms with van der Waals surface area (Å²) < 4.78 is 35.6. The van der Waals surface area contributed by atoms with Crippen molar-refractivity contribution in [2.45, 2.75) is 43.0 Å². The SMILES string of the molecule is O=S1(=O)c2ccccc2O[C@@H]2CCN(Cc3cccnc3)CC[C@H]2N1Cc1ccccc1. The Labute approximate surface area is 189 Å². The number of para-hydroxylation sites is 1. The van der Waals surface area contributed by atoms with Gasteiger partial charge in [0.1, 0.15) is 16.7 Å². The number of rotatable bonds is 4. The van der Waals surface area contributed by atoms with Crippen molar-refractivity contribution in [2.24, 2.45) is 0 Å². The number of pyridine rings is 1. The largest absolute Gasteiger partial charge is 0.487 e. The lowest BCUT2D eigenvalue weighted by Crippen LogP contribution is -2.46. The average Bonchev–Trinajstić information content (AvgIpc) is 3.05. The monoisotopic (exact) mass is 449 g/mol. The molecule has 0 aliphatic carbocycles. The van der Waals surface area contributed by atoms with E-state index < -0.39 is 10.0 Å². The molecule has 0 N–H and O–H groups in total. The number of likely N-dealkylation sites (tertiary alicyclic amines) is 1. The van der Waals surface area contributed by atoms with E-state index in [9.17, 15) is 8.42 Å². The molecular formula is C25H27N3O3S. The Balaban J connectivity index is 1.47.